The molecular weight excluding hydrogens is 348 g/mol. The minimum atomic E-state index is 0.688. The van der Waals surface area contributed by atoms with Gasteiger partial charge in [-0.05, 0) is 49.8 Å². The van der Waals surface area contributed by atoms with Crippen LogP contribution in [0.5, 0.6) is 11.5 Å². The fourth-order valence-corrected chi connectivity index (χ4v) is 3.61. The summed E-state index contributed by atoms with van der Waals surface area (Å²) in [6.45, 7) is 5.68. The van der Waals surface area contributed by atoms with Crippen LogP contribution in [0.1, 0.15) is 12.0 Å². The van der Waals surface area contributed by atoms with E-state index in [1.54, 1.807) is 0 Å². The van der Waals surface area contributed by atoms with Crippen LogP contribution in [0.2, 0.25) is 5.02 Å². The standard InChI is InChI=1S/C20H23ClN4O/c21-15-6-7-18-16(14-15)20(23-17-4-1-2-5-19(17)26-18)25-12-10-24(11-13-25)9-3-8-22/h1-2,4-7,14H,3,8-13,22H2. The maximum Gasteiger partial charge on any atom is 0.153 e. The largest absolute Gasteiger partial charge is 0.454 e. The van der Waals surface area contributed by atoms with E-state index in [0.29, 0.717) is 5.02 Å². The van der Waals surface area contributed by atoms with E-state index in [9.17, 15) is 0 Å². The number of amidine groups is 1. The van der Waals surface area contributed by atoms with Crippen LogP contribution in [0, 0.1) is 0 Å². The second-order valence-corrected chi connectivity index (χ2v) is 7.05. The Morgan fingerprint density at radius 3 is 2.65 bits per heavy atom. The molecule has 26 heavy (non-hydrogen) atoms. The van der Waals surface area contributed by atoms with Crippen molar-refractivity contribution in [2.45, 2.75) is 6.42 Å². The number of rotatable bonds is 3. The molecule has 2 aromatic carbocycles. The molecule has 0 aliphatic carbocycles. The van der Waals surface area contributed by atoms with Gasteiger partial charge in [-0.15, -0.1) is 0 Å². The Kier molecular flexibility index (Phi) is 5.11. The molecule has 0 saturated carbocycles. The van der Waals surface area contributed by atoms with Crippen LogP contribution in [0.15, 0.2) is 47.5 Å². The fourth-order valence-electron chi connectivity index (χ4n) is 3.43. The van der Waals surface area contributed by atoms with Crippen molar-refractivity contribution in [3.05, 3.63) is 53.1 Å². The Hall–Kier alpha value is -2.08. The molecular formula is C20H23ClN4O. The van der Waals surface area contributed by atoms with E-state index in [0.717, 1.165) is 74.3 Å². The van der Waals surface area contributed by atoms with Crippen LogP contribution in [-0.4, -0.2) is 54.9 Å². The van der Waals surface area contributed by atoms with Gasteiger partial charge in [-0.2, -0.15) is 0 Å². The zero-order valence-corrected chi connectivity index (χ0v) is 15.5. The minimum Gasteiger partial charge on any atom is -0.454 e. The lowest BCUT2D eigenvalue weighted by Gasteiger charge is -2.36. The van der Waals surface area contributed by atoms with Crippen molar-refractivity contribution in [3.63, 3.8) is 0 Å². The van der Waals surface area contributed by atoms with Gasteiger partial charge < -0.3 is 15.4 Å². The van der Waals surface area contributed by atoms with Gasteiger partial charge in [-0.3, -0.25) is 4.90 Å². The number of ether oxygens (including phenoxy) is 1. The summed E-state index contributed by atoms with van der Waals surface area (Å²) in [6, 6.07) is 13.6. The monoisotopic (exact) mass is 370 g/mol. The van der Waals surface area contributed by atoms with Gasteiger partial charge in [0, 0.05) is 31.2 Å². The summed E-state index contributed by atoms with van der Waals surface area (Å²) in [5.41, 5.74) is 7.43. The number of nitrogens with zero attached hydrogens (tertiary/aromatic N) is 3. The number of halogens is 1. The van der Waals surface area contributed by atoms with Crippen molar-refractivity contribution in [1.29, 1.82) is 0 Å². The minimum absolute atomic E-state index is 0.688. The number of para-hydroxylation sites is 2. The average molecular weight is 371 g/mol. The lowest BCUT2D eigenvalue weighted by Crippen LogP contribution is -2.49. The number of aliphatic imine (C=N–C) groups is 1. The van der Waals surface area contributed by atoms with Gasteiger partial charge in [0.1, 0.15) is 17.3 Å². The van der Waals surface area contributed by atoms with E-state index in [2.05, 4.69) is 9.80 Å². The SMILES string of the molecule is NCCCN1CCN(C2=Nc3ccccc3Oc3ccc(Cl)cc32)CC1. The van der Waals surface area contributed by atoms with Crippen LogP contribution in [-0.2, 0) is 0 Å². The molecule has 136 valence electrons. The summed E-state index contributed by atoms with van der Waals surface area (Å²) in [7, 11) is 0. The molecule has 0 aromatic heterocycles. The maximum absolute atomic E-state index is 6.28. The summed E-state index contributed by atoms with van der Waals surface area (Å²) in [6.07, 6.45) is 1.04. The molecule has 0 radical (unpaired) electrons. The van der Waals surface area contributed by atoms with Crippen LogP contribution in [0.3, 0.4) is 0 Å². The Morgan fingerprint density at radius 1 is 1.04 bits per heavy atom. The number of nitrogens with two attached hydrogens (primary N) is 1. The zero-order chi connectivity index (χ0) is 17.9. The normalized spacial score (nSPS) is 17.0. The lowest BCUT2D eigenvalue weighted by molar-refractivity contribution is 0.181. The van der Waals surface area contributed by atoms with Crippen LogP contribution < -0.4 is 10.5 Å². The first-order valence-electron chi connectivity index (χ1n) is 9.07. The smallest absolute Gasteiger partial charge is 0.153 e. The Balaban J connectivity index is 1.66. The second-order valence-electron chi connectivity index (χ2n) is 6.62. The molecule has 1 fully saturated rings. The molecule has 2 aliphatic heterocycles. The summed E-state index contributed by atoms with van der Waals surface area (Å²) < 4.78 is 6.13. The van der Waals surface area contributed by atoms with E-state index in [1.165, 1.54) is 0 Å². The van der Waals surface area contributed by atoms with E-state index in [4.69, 9.17) is 27.1 Å². The first kappa shape index (κ1) is 17.3. The van der Waals surface area contributed by atoms with Gasteiger partial charge in [0.05, 0.1) is 5.56 Å². The summed E-state index contributed by atoms with van der Waals surface area (Å²) >= 11 is 6.28. The third kappa shape index (κ3) is 3.56. The molecule has 0 spiro atoms. The molecule has 0 unspecified atom stereocenters. The summed E-state index contributed by atoms with van der Waals surface area (Å²) in [5.74, 6) is 2.50. The first-order valence-corrected chi connectivity index (χ1v) is 9.45. The Bertz CT molecular complexity index is 815. The summed E-state index contributed by atoms with van der Waals surface area (Å²) in [5, 5.41) is 0.688. The molecule has 1 saturated heterocycles. The molecule has 0 amide bonds. The highest BCUT2D eigenvalue weighted by Gasteiger charge is 2.25. The highest BCUT2D eigenvalue weighted by atomic mass is 35.5. The number of fused-ring (bicyclic) bond motifs is 2. The van der Waals surface area contributed by atoms with E-state index < -0.39 is 0 Å². The summed E-state index contributed by atoms with van der Waals surface area (Å²) in [4.78, 5) is 9.75. The van der Waals surface area contributed by atoms with Crippen molar-refractivity contribution < 1.29 is 4.74 Å². The number of benzene rings is 2. The highest BCUT2D eigenvalue weighted by Crippen LogP contribution is 2.38. The molecule has 5 nitrogen and oxygen atoms in total. The van der Waals surface area contributed by atoms with Crippen LogP contribution >= 0.6 is 11.6 Å². The fraction of sp³-hybridized carbons (Fsp3) is 0.350. The molecule has 2 aliphatic rings. The van der Waals surface area contributed by atoms with Crippen molar-refractivity contribution in [2.24, 2.45) is 10.7 Å². The Labute approximate surface area is 159 Å². The molecule has 0 bridgehead atoms. The molecule has 2 N–H and O–H groups in total. The van der Waals surface area contributed by atoms with E-state index in [1.807, 2.05) is 42.5 Å². The molecule has 4 rings (SSSR count). The van der Waals surface area contributed by atoms with Crippen LogP contribution in [0.4, 0.5) is 5.69 Å². The topological polar surface area (TPSA) is 54.1 Å². The second kappa shape index (κ2) is 7.66. The predicted molar refractivity (Wildman–Crippen MR) is 106 cm³/mol. The maximum atomic E-state index is 6.28. The molecule has 2 aromatic rings. The molecule has 0 atom stereocenters. The van der Waals surface area contributed by atoms with Gasteiger partial charge >= 0.3 is 0 Å². The zero-order valence-electron chi connectivity index (χ0n) is 14.7. The number of hydrogen-bond acceptors (Lipinski definition) is 5. The third-order valence-corrected chi connectivity index (χ3v) is 5.08. The van der Waals surface area contributed by atoms with Crippen molar-refractivity contribution in [1.82, 2.24) is 9.80 Å². The molecule has 2 heterocycles. The quantitative estimate of drug-likeness (QED) is 0.898. The van der Waals surface area contributed by atoms with Gasteiger partial charge in [0.25, 0.3) is 0 Å². The lowest BCUT2D eigenvalue weighted by atomic mass is 10.1. The van der Waals surface area contributed by atoms with Crippen molar-refractivity contribution in [3.8, 4) is 11.5 Å². The van der Waals surface area contributed by atoms with E-state index in [-0.39, 0.29) is 0 Å². The predicted octanol–water partition coefficient (Wildman–Crippen LogP) is 3.49. The number of piperazine rings is 1. The van der Waals surface area contributed by atoms with Gasteiger partial charge in [-0.25, -0.2) is 4.99 Å². The highest BCUT2D eigenvalue weighted by molar-refractivity contribution is 6.31. The van der Waals surface area contributed by atoms with Gasteiger partial charge in [-0.1, -0.05) is 23.7 Å². The Morgan fingerprint density at radius 2 is 1.85 bits per heavy atom. The van der Waals surface area contributed by atoms with E-state index >= 15 is 0 Å². The first-order chi connectivity index (χ1) is 12.7. The van der Waals surface area contributed by atoms with Crippen molar-refractivity contribution in [2.75, 3.05) is 39.3 Å². The van der Waals surface area contributed by atoms with Crippen molar-refractivity contribution >= 4 is 23.1 Å². The van der Waals surface area contributed by atoms with Gasteiger partial charge in [0.2, 0.25) is 0 Å². The van der Waals surface area contributed by atoms with Crippen LogP contribution in [0.25, 0.3) is 0 Å². The third-order valence-electron chi connectivity index (χ3n) is 4.84. The molecule has 6 heteroatoms. The average Bonchev–Trinajstić information content (AvgIpc) is 2.83. The van der Waals surface area contributed by atoms with Gasteiger partial charge in [0.15, 0.2) is 5.75 Å². The number of hydrogen-bond donors (Lipinski definition) is 1.